The summed E-state index contributed by atoms with van der Waals surface area (Å²) in [5, 5.41) is 2.75. The smallest absolute Gasteiger partial charge is 0.236 e. The van der Waals surface area contributed by atoms with Crippen LogP contribution in [0.15, 0.2) is 0 Å². The van der Waals surface area contributed by atoms with Crippen molar-refractivity contribution < 1.29 is 14.3 Å². The van der Waals surface area contributed by atoms with E-state index in [2.05, 4.69) is 5.32 Å². The van der Waals surface area contributed by atoms with Gasteiger partial charge in [0.2, 0.25) is 5.91 Å². The zero-order valence-electron chi connectivity index (χ0n) is 9.62. The summed E-state index contributed by atoms with van der Waals surface area (Å²) < 4.78 is 10.1. The summed E-state index contributed by atoms with van der Waals surface area (Å²) >= 11 is 0. The average molecular weight is 218 g/mol. The molecule has 5 heteroatoms. The fourth-order valence-electron chi connectivity index (χ4n) is 0.947. The molecular weight excluding hydrogens is 196 g/mol. The third kappa shape index (κ3) is 8.35. The molecule has 0 aromatic carbocycles. The summed E-state index contributed by atoms with van der Waals surface area (Å²) in [5.74, 6) is -0.0885. The Morgan fingerprint density at radius 3 is 2.73 bits per heavy atom. The van der Waals surface area contributed by atoms with Crippen LogP contribution in [0.4, 0.5) is 0 Å². The first-order chi connectivity index (χ1) is 7.22. The highest BCUT2D eigenvalue weighted by molar-refractivity contribution is 5.81. The predicted molar refractivity (Wildman–Crippen MR) is 58.6 cm³/mol. The molecule has 0 heterocycles. The lowest BCUT2D eigenvalue weighted by Gasteiger charge is -2.09. The number of hydrogen-bond donors (Lipinski definition) is 2. The summed E-state index contributed by atoms with van der Waals surface area (Å²) in [5.41, 5.74) is 5.54. The fraction of sp³-hybridized carbons (Fsp3) is 0.900. The van der Waals surface area contributed by atoms with Crippen molar-refractivity contribution in [2.24, 2.45) is 5.73 Å². The third-order valence-electron chi connectivity index (χ3n) is 1.97. The van der Waals surface area contributed by atoms with E-state index in [-0.39, 0.29) is 11.9 Å². The van der Waals surface area contributed by atoms with Gasteiger partial charge in [-0.1, -0.05) is 6.92 Å². The van der Waals surface area contributed by atoms with E-state index in [1.54, 1.807) is 7.11 Å². The van der Waals surface area contributed by atoms with E-state index in [1.807, 2.05) is 6.92 Å². The van der Waals surface area contributed by atoms with Crippen LogP contribution in [0.25, 0.3) is 0 Å². The van der Waals surface area contributed by atoms with Crippen molar-refractivity contribution >= 4 is 5.91 Å². The molecule has 0 bridgehead atoms. The summed E-state index contributed by atoms with van der Waals surface area (Å²) in [6.45, 7) is 4.33. The van der Waals surface area contributed by atoms with Crippen LogP contribution >= 0.6 is 0 Å². The van der Waals surface area contributed by atoms with Gasteiger partial charge in [-0.2, -0.15) is 0 Å². The van der Waals surface area contributed by atoms with Gasteiger partial charge in [-0.05, 0) is 12.8 Å². The maximum absolute atomic E-state index is 11.2. The lowest BCUT2D eigenvalue weighted by molar-refractivity contribution is -0.122. The first kappa shape index (κ1) is 14.3. The van der Waals surface area contributed by atoms with Crippen LogP contribution in [0.3, 0.4) is 0 Å². The highest BCUT2D eigenvalue weighted by Crippen LogP contribution is 1.86. The van der Waals surface area contributed by atoms with Crippen LogP contribution in [-0.2, 0) is 14.3 Å². The molecule has 0 aliphatic carbocycles. The van der Waals surface area contributed by atoms with Crippen LogP contribution in [0.5, 0.6) is 0 Å². The molecule has 0 fully saturated rings. The molecule has 0 aromatic rings. The van der Waals surface area contributed by atoms with Crippen LogP contribution < -0.4 is 11.1 Å². The molecule has 1 atom stereocenters. The van der Waals surface area contributed by atoms with Gasteiger partial charge >= 0.3 is 0 Å². The largest absolute Gasteiger partial charge is 0.382 e. The molecule has 15 heavy (non-hydrogen) atoms. The summed E-state index contributed by atoms with van der Waals surface area (Å²) in [6.07, 6.45) is 1.46. The maximum atomic E-state index is 11.2. The molecule has 0 saturated carbocycles. The summed E-state index contributed by atoms with van der Waals surface area (Å²) in [6, 6.07) is -0.389. The monoisotopic (exact) mass is 218 g/mol. The van der Waals surface area contributed by atoms with Crippen molar-refractivity contribution in [3.8, 4) is 0 Å². The minimum Gasteiger partial charge on any atom is -0.382 e. The molecule has 0 saturated heterocycles. The van der Waals surface area contributed by atoms with Gasteiger partial charge in [0.25, 0.3) is 0 Å². The van der Waals surface area contributed by atoms with Gasteiger partial charge in [0.05, 0.1) is 19.3 Å². The van der Waals surface area contributed by atoms with Crippen LogP contribution in [0.1, 0.15) is 19.8 Å². The number of amides is 1. The van der Waals surface area contributed by atoms with Crippen LogP contribution in [0, 0.1) is 0 Å². The molecule has 0 aliphatic heterocycles. The SMILES string of the molecule is CC[C@@H](N)C(=O)NCCCOCCOC. The highest BCUT2D eigenvalue weighted by atomic mass is 16.5. The molecule has 90 valence electrons. The topological polar surface area (TPSA) is 73.6 Å². The van der Waals surface area contributed by atoms with E-state index in [4.69, 9.17) is 15.2 Å². The van der Waals surface area contributed by atoms with Crippen molar-refractivity contribution in [1.29, 1.82) is 0 Å². The number of carbonyl (C=O) groups is 1. The second-order valence-electron chi connectivity index (χ2n) is 3.26. The highest BCUT2D eigenvalue weighted by Gasteiger charge is 2.08. The maximum Gasteiger partial charge on any atom is 0.236 e. The van der Waals surface area contributed by atoms with Gasteiger partial charge in [-0.25, -0.2) is 0 Å². The number of nitrogens with one attached hydrogen (secondary N) is 1. The van der Waals surface area contributed by atoms with E-state index >= 15 is 0 Å². The first-order valence-electron chi connectivity index (χ1n) is 5.32. The Kier molecular flexibility index (Phi) is 9.46. The quantitative estimate of drug-likeness (QED) is 0.530. The molecule has 3 N–H and O–H groups in total. The number of rotatable bonds is 9. The standard InChI is InChI=1S/C10H22N2O3/c1-3-9(11)10(13)12-5-4-6-15-8-7-14-2/h9H,3-8,11H2,1-2H3,(H,12,13)/t9-/m1/s1. The molecule has 0 unspecified atom stereocenters. The van der Waals surface area contributed by atoms with E-state index in [0.29, 0.717) is 32.8 Å². The van der Waals surface area contributed by atoms with Gasteiger partial charge in [0.1, 0.15) is 0 Å². The Labute approximate surface area is 91.3 Å². The lowest BCUT2D eigenvalue weighted by atomic mass is 10.2. The molecule has 0 rings (SSSR count). The molecule has 1 amide bonds. The Bertz CT molecular complexity index is 165. The molecule has 5 nitrogen and oxygen atoms in total. The van der Waals surface area contributed by atoms with E-state index in [1.165, 1.54) is 0 Å². The number of nitrogens with two attached hydrogens (primary N) is 1. The van der Waals surface area contributed by atoms with Crippen LogP contribution in [-0.4, -0.2) is 45.4 Å². The van der Waals surface area contributed by atoms with Crippen molar-refractivity contribution in [3.63, 3.8) is 0 Å². The predicted octanol–water partition coefficient (Wildman–Crippen LogP) is -0.107. The number of methoxy groups -OCH3 is 1. The Hall–Kier alpha value is -0.650. The zero-order valence-corrected chi connectivity index (χ0v) is 9.62. The number of carbonyl (C=O) groups excluding carboxylic acids is 1. The van der Waals surface area contributed by atoms with Gasteiger partial charge in [0, 0.05) is 20.3 Å². The van der Waals surface area contributed by atoms with Crippen molar-refractivity contribution in [3.05, 3.63) is 0 Å². The molecule has 0 spiro atoms. The van der Waals surface area contributed by atoms with E-state index in [9.17, 15) is 4.79 Å². The van der Waals surface area contributed by atoms with Gasteiger partial charge in [-0.3, -0.25) is 4.79 Å². The summed E-state index contributed by atoms with van der Waals surface area (Å²) in [7, 11) is 1.63. The fourth-order valence-corrected chi connectivity index (χ4v) is 0.947. The van der Waals surface area contributed by atoms with E-state index in [0.717, 1.165) is 6.42 Å². The Morgan fingerprint density at radius 2 is 2.13 bits per heavy atom. The van der Waals surface area contributed by atoms with E-state index < -0.39 is 0 Å². The minimum absolute atomic E-state index is 0.0885. The van der Waals surface area contributed by atoms with Crippen molar-refractivity contribution in [1.82, 2.24) is 5.32 Å². The third-order valence-corrected chi connectivity index (χ3v) is 1.97. The van der Waals surface area contributed by atoms with Crippen LogP contribution in [0.2, 0.25) is 0 Å². The Morgan fingerprint density at radius 1 is 1.40 bits per heavy atom. The van der Waals surface area contributed by atoms with Gasteiger partial charge in [-0.15, -0.1) is 0 Å². The molecule has 0 radical (unpaired) electrons. The first-order valence-corrected chi connectivity index (χ1v) is 5.32. The van der Waals surface area contributed by atoms with Gasteiger partial charge in [0.15, 0.2) is 0 Å². The van der Waals surface area contributed by atoms with Crippen molar-refractivity contribution in [2.45, 2.75) is 25.8 Å². The molecule has 0 aromatic heterocycles. The second-order valence-corrected chi connectivity index (χ2v) is 3.26. The Balaban J connectivity index is 3.20. The molecule has 0 aliphatic rings. The number of ether oxygens (including phenoxy) is 2. The molecular formula is C10H22N2O3. The van der Waals surface area contributed by atoms with Gasteiger partial charge < -0.3 is 20.5 Å². The lowest BCUT2D eigenvalue weighted by Crippen LogP contribution is -2.40. The number of hydrogen-bond acceptors (Lipinski definition) is 4. The normalized spacial score (nSPS) is 12.5. The summed E-state index contributed by atoms with van der Waals surface area (Å²) in [4.78, 5) is 11.2. The minimum atomic E-state index is -0.389. The zero-order chi connectivity index (χ0) is 11.5. The van der Waals surface area contributed by atoms with Crippen molar-refractivity contribution in [2.75, 3.05) is 33.5 Å². The second kappa shape index (κ2) is 9.89. The average Bonchev–Trinajstić information content (AvgIpc) is 2.26.